The second kappa shape index (κ2) is 2.71. The van der Waals surface area contributed by atoms with Gasteiger partial charge >= 0.3 is 0 Å². The Hall–Kier alpha value is -0.730. The Kier molecular flexibility index (Phi) is 1.92. The van der Waals surface area contributed by atoms with Crippen LogP contribution < -0.4 is 0 Å². The minimum absolute atomic E-state index is 0.931. The molecule has 0 aliphatic carbocycles. The molecule has 0 aromatic heterocycles. The van der Waals surface area contributed by atoms with Gasteiger partial charge in [-0.05, 0) is 12.8 Å². The third-order valence-corrected chi connectivity index (χ3v) is 1.60. The highest BCUT2D eigenvalue weighted by Crippen LogP contribution is 2.17. The molecule has 52 valence electrons. The quantitative estimate of drug-likeness (QED) is 0.499. The van der Waals surface area contributed by atoms with E-state index >= 15 is 0 Å². The Balaban J connectivity index is 2.48. The zero-order chi connectivity index (χ0) is 6.69. The van der Waals surface area contributed by atoms with E-state index < -0.39 is 0 Å². The fourth-order valence-electron chi connectivity index (χ4n) is 1.03. The SMILES string of the molecule is CN1CCC/C1=C/OF. The fraction of sp³-hybridized carbons (Fsp3) is 0.667. The summed E-state index contributed by atoms with van der Waals surface area (Å²) in [4.78, 5) is 5.38. The lowest BCUT2D eigenvalue weighted by molar-refractivity contribution is -0.0645. The molecular weight excluding hydrogens is 121 g/mol. The molecule has 0 spiro atoms. The van der Waals surface area contributed by atoms with E-state index in [2.05, 4.69) is 4.94 Å². The fourth-order valence-corrected chi connectivity index (χ4v) is 1.03. The Morgan fingerprint density at radius 2 is 2.56 bits per heavy atom. The van der Waals surface area contributed by atoms with Crippen LogP contribution >= 0.6 is 0 Å². The second-order valence-electron chi connectivity index (χ2n) is 2.22. The summed E-state index contributed by atoms with van der Waals surface area (Å²) in [6.45, 7) is 1.01. The summed E-state index contributed by atoms with van der Waals surface area (Å²) in [5.41, 5.74) is 0.942. The van der Waals surface area contributed by atoms with Crippen LogP contribution in [0.5, 0.6) is 0 Å². The first-order chi connectivity index (χ1) is 4.34. The molecule has 1 saturated heterocycles. The molecule has 0 bridgehead atoms. The summed E-state index contributed by atoms with van der Waals surface area (Å²) in [6, 6.07) is 0. The van der Waals surface area contributed by atoms with Crippen molar-refractivity contribution in [2.24, 2.45) is 0 Å². The molecule has 0 aromatic rings. The standard InChI is InChI=1S/C6H10FNO/c1-8-4-2-3-6(8)5-9-7/h5H,2-4H2,1H3/b6-5-. The molecule has 1 aliphatic rings. The number of hydrogen-bond donors (Lipinski definition) is 0. The van der Waals surface area contributed by atoms with Gasteiger partial charge in [0.1, 0.15) is 0 Å². The maximum atomic E-state index is 11.2. The van der Waals surface area contributed by atoms with Crippen LogP contribution in [-0.2, 0) is 4.94 Å². The van der Waals surface area contributed by atoms with Crippen molar-refractivity contribution >= 4 is 0 Å². The van der Waals surface area contributed by atoms with E-state index in [4.69, 9.17) is 0 Å². The van der Waals surface area contributed by atoms with Gasteiger partial charge in [0.05, 0.1) is 5.70 Å². The summed E-state index contributed by atoms with van der Waals surface area (Å²) in [6.07, 6.45) is 3.19. The summed E-state index contributed by atoms with van der Waals surface area (Å²) in [5.74, 6) is 0. The van der Waals surface area contributed by atoms with Crippen molar-refractivity contribution < 1.29 is 9.47 Å². The monoisotopic (exact) mass is 131 g/mol. The molecule has 3 heteroatoms. The van der Waals surface area contributed by atoms with Crippen molar-refractivity contribution in [3.8, 4) is 0 Å². The van der Waals surface area contributed by atoms with E-state index in [0.29, 0.717) is 0 Å². The highest BCUT2D eigenvalue weighted by molar-refractivity contribution is 5.00. The van der Waals surface area contributed by atoms with Gasteiger partial charge in [-0.25, -0.2) is 0 Å². The molecular formula is C6H10FNO. The second-order valence-corrected chi connectivity index (χ2v) is 2.22. The van der Waals surface area contributed by atoms with Gasteiger partial charge < -0.3 is 9.84 Å². The van der Waals surface area contributed by atoms with Crippen LogP contribution in [0.4, 0.5) is 4.53 Å². The molecule has 1 aliphatic heterocycles. The molecule has 0 saturated carbocycles. The number of nitrogens with zero attached hydrogens (tertiary/aromatic N) is 1. The van der Waals surface area contributed by atoms with Gasteiger partial charge in [-0.2, -0.15) is 0 Å². The van der Waals surface area contributed by atoms with Crippen LogP contribution in [0.15, 0.2) is 12.0 Å². The number of allylic oxidation sites excluding steroid dienone is 1. The van der Waals surface area contributed by atoms with Gasteiger partial charge in [0.15, 0.2) is 6.26 Å². The van der Waals surface area contributed by atoms with Gasteiger partial charge in [-0.1, -0.05) is 0 Å². The minimum Gasteiger partial charge on any atom is -0.375 e. The van der Waals surface area contributed by atoms with Crippen molar-refractivity contribution in [2.75, 3.05) is 13.6 Å². The van der Waals surface area contributed by atoms with Crippen LogP contribution in [0.1, 0.15) is 12.8 Å². The lowest BCUT2D eigenvalue weighted by Crippen LogP contribution is -2.09. The van der Waals surface area contributed by atoms with E-state index in [0.717, 1.165) is 31.3 Å². The average molecular weight is 131 g/mol. The molecule has 1 fully saturated rings. The number of halogens is 1. The Morgan fingerprint density at radius 1 is 1.78 bits per heavy atom. The molecule has 0 radical (unpaired) electrons. The first-order valence-corrected chi connectivity index (χ1v) is 3.02. The summed E-state index contributed by atoms with van der Waals surface area (Å²) >= 11 is 0. The predicted octanol–water partition coefficient (Wildman–Crippen LogP) is 1.45. The maximum Gasteiger partial charge on any atom is 0.155 e. The lowest BCUT2D eigenvalue weighted by atomic mass is 10.3. The molecule has 0 unspecified atom stereocenters. The van der Waals surface area contributed by atoms with E-state index in [1.807, 2.05) is 11.9 Å². The molecule has 0 aromatic carbocycles. The van der Waals surface area contributed by atoms with Crippen LogP contribution in [0.25, 0.3) is 0 Å². The van der Waals surface area contributed by atoms with Crippen LogP contribution in [-0.4, -0.2) is 18.5 Å². The Labute approximate surface area is 53.8 Å². The minimum atomic E-state index is 0.931. The number of hydrogen-bond acceptors (Lipinski definition) is 2. The Morgan fingerprint density at radius 3 is 3.00 bits per heavy atom. The van der Waals surface area contributed by atoms with E-state index in [1.165, 1.54) is 0 Å². The van der Waals surface area contributed by atoms with Crippen molar-refractivity contribution in [3.63, 3.8) is 0 Å². The number of rotatable bonds is 1. The van der Waals surface area contributed by atoms with Crippen molar-refractivity contribution in [1.29, 1.82) is 0 Å². The van der Waals surface area contributed by atoms with E-state index in [9.17, 15) is 4.53 Å². The smallest absolute Gasteiger partial charge is 0.155 e. The van der Waals surface area contributed by atoms with Crippen LogP contribution in [0.2, 0.25) is 0 Å². The van der Waals surface area contributed by atoms with Gasteiger partial charge in [-0.15, -0.1) is 0 Å². The predicted molar refractivity (Wildman–Crippen MR) is 32.1 cm³/mol. The normalized spacial score (nSPS) is 23.3. The molecule has 2 nitrogen and oxygen atoms in total. The largest absolute Gasteiger partial charge is 0.375 e. The number of likely N-dealkylation sites (tertiary alicyclic amines) is 1. The summed E-state index contributed by atoms with van der Waals surface area (Å²) in [5, 5.41) is 0. The molecule has 1 rings (SSSR count). The first kappa shape index (κ1) is 6.39. The molecule has 1 heterocycles. The maximum absolute atomic E-state index is 11.2. The van der Waals surface area contributed by atoms with E-state index in [-0.39, 0.29) is 0 Å². The molecule has 0 atom stereocenters. The third-order valence-electron chi connectivity index (χ3n) is 1.60. The van der Waals surface area contributed by atoms with Gasteiger partial charge in [0.25, 0.3) is 0 Å². The van der Waals surface area contributed by atoms with Gasteiger partial charge in [0, 0.05) is 18.1 Å². The van der Waals surface area contributed by atoms with Crippen LogP contribution in [0.3, 0.4) is 0 Å². The van der Waals surface area contributed by atoms with Crippen molar-refractivity contribution in [2.45, 2.75) is 12.8 Å². The Bertz CT molecular complexity index is 124. The molecule has 0 N–H and O–H groups in total. The van der Waals surface area contributed by atoms with Crippen molar-refractivity contribution in [3.05, 3.63) is 12.0 Å². The first-order valence-electron chi connectivity index (χ1n) is 3.02. The lowest BCUT2D eigenvalue weighted by Gasteiger charge is -2.09. The highest BCUT2D eigenvalue weighted by atomic mass is 19.3. The van der Waals surface area contributed by atoms with Gasteiger partial charge in [-0.3, -0.25) is 0 Å². The average Bonchev–Trinajstić information content (AvgIpc) is 2.18. The van der Waals surface area contributed by atoms with Crippen molar-refractivity contribution in [1.82, 2.24) is 4.90 Å². The van der Waals surface area contributed by atoms with E-state index in [1.54, 1.807) is 0 Å². The summed E-state index contributed by atoms with van der Waals surface area (Å²) in [7, 11) is 1.93. The zero-order valence-electron chi connectivity index (χ0n) is 5.43. The highest BCUT2D eigenvalue weighted by Gasteiger charge is 2.12. The molecule has 9 heavy (non-hydrogen) atoms. The molecule has 0 amide bonds. The van der Waals surface area contributed by atoms with Gasteiger partial charge in [0.2, 0.25) is 0 Å². The zero-order valence-corrected chi connectivity index (χ0v) is 5.43. The van der Waals surface area contributed by atoms with Crippen LogP contribution in [0, 0.1) is 0 Å². The summed E-state index contributed by atoms with van der Waals surface area (Å²) < 4.78 is 11.2. The third kappa shape index (κ3) is 1.34. The topological polar surface area (TPSA) is 12.5 Å².